The molecule has 6 heterocycles. The number of pyridine rings is 1. The van der Waals surface area contributed by atoms with Crippen LogP contribution in [0.4, 0.5) is 13.2 Å². The molecule has 0 amide bonds. The number of ketones is 1. The number of Topliss-reactive ketones (excluding diaryl/α,β-unsaturated/α-hetero) is 1. The number of rotatable bonds is 4. The van der Waals surface area contributed by atoms with Crippen molar-refractivity contribution in [1.29, 1.82) is 0 Å². The largest absolute Gasteiger partial charge is 0.292 e. The molecule has 0 aliphatic carbocycles. The molecule has 0 saturated carbocycles. The second kappa shape index (κ2) is 7.33. The lowest BCUT2D eigenvalue weighted by molar-refractivity contribution is -0.0552. The molecule has 2 fully saturated rings. The summed E-state index contributed by atoms with van der Waals surface area (Å²) in [6.07, 6.45) is 9.10. The highest BCUT2D eigenvalue weighted by molar-refractivity contribution is 6.04. The van der Waals surface area contributed by atoms with E-state index in [-0.39, 0.29) is 23.4 Å². The Morgan fingerprint density at radius 1 is 1.08 bits per heavy atom. The van der Waals surface area contributed by atoms with Crippen molar-refractivity contribution >= 4 is 5.78 Å². The lowest BCUT2D eigenvalue weighted by Crippen LogP contribution is -2.66. The van der Waals surface area contributed by atoms with E-state index in [4.69, 9.17) is 5.10 Å². The number of halogens is 3. The van der Waals surface area contributed by atoms with Crippen LogP contribution >= 0.6 is 0 Å². The van der Waals surface area contributed by atoms with E-state index in [2.05, 4.69) is 20.1 Å². The Hall–Kier alpha value is -3.86. The van der Waals surface area contributed by atoms with Crippen LogP contribution in [-0.2, 0) is 13.5 Å². The van der Waals surface area contributed by atoms with Gasteiger partial charge in [0.25, 0.3) is 0 Å². The molecule has 1 aromatic carbocycles. The van der Waals surface area contributed by atoms with Crippen LogP contribution in [-0.4, -0.2) is 51.8 Å². The van der Waals surface area contributed by atoms with Gasteiger partial charge in [0.15, 0.2) is 23.2 Å². The minimum Gasteiger partial charge on any atom is -0.292 e. The molecule has 3 atom stereocenters. The van der Waals surface area contributed by atoms with Gasteiger partial charge < -0.3 is 0 Å². The Labute approximate surface area is 203 Å². The number of carbonyl (C=O) groups is 1. The van der Waals surface area contributed by atoms with Crippen LogP contribution in [0.15, 0.2) is 43.2 Å². The quantitative estimate of drug-likeness (QED) is 0.321. The molecule has 0 spiro atoms. The summed E-state index contributed by atoms with van der Waals surface area (Å²) in [6, 6.07) is 3.88. The molecule has 182 valence electrons. The maximum atomic E-state index is 14.0. The third-order valence-corrected chi connectivity index (χ3v) is 7.96. The predicted molar refractivity (Wildman–Crippen MR) is 121 cm³/mol. The average Bonchev–Trinajstić information content (AvgIpc) is 3.56. The van der Waals surface area contributed by atoms with Gasteiger partial charge in [0.1, 0.15) is 12.7 Å². The molecule has 3 aliphatic rings. The Kier molecular flexibility index (Phi) is 4.36. The predicted octanol–water partition coefficient (Wildman–Crippen LogP) is 3.57. The van der Waals surface area contributed by atoms with Crippen molar-refractivity contribution in [3.05, 3.63) is 77.5 Å². The summed E-state index contributed by atoms with van der Waals surface area (Å²) in [5.74, 6) is -3.91. The molecule has 0 bridgehead atoms. The van der Waals surface area contributed by atoms with Crippen LogP contribution in [0.5, 0.6) is 0 Å². The summed E-state index contributed by atoms with van der Waals surface area (Å²) in [7, 11) is 1.72. The van der Waals surface area contributed by atoms with Gasteiger partial charge in [0.2, 0.25) is 0 Å². The van der Waals surface area contributed by atoms with E-state index >= 15 is 0 Å². The summed E-state index contributed by atoms with van der Waals surface area (Å²) >= 11 is 0. The van der Waals surface area contributed by atoms with Crippen molar-refractivity contribution < 1.29 is 18.0 Å². The molecular formula is C25H20F3N7O. The first-order chi connectivity index (χ1) is 17.4. The first kappa shape index (κ1) is 21.4. The Bertz CT molecular complexity index is 1530. The fourth-order valence-corrected chi connectivity index (χ4v) is 6.48. The van der Waals surface area contributed by atoms with Crippen molar-refractivity contribution in [3.8, 4) is 16.9 Å². The summed E-state index contributed by atoms with van der Waals surface area (Å²) in [5, 5.41) is 12.3. The van der Waals surface area contributed by atoms with Crippen LogP contribution in [0.2, 0.25) is 0 Å². The van der Waals surface area contributed by atoms with Gasteiger partial charge in [0, 0.05) is 36.0 Å². The molecule has 0 radical (unpaired) electrons. The fourth-order valence-electron chi connectivity index (χ4n) is 6.48. The van der Waals surface area contributed by atoms with Crippen LogP contribution in [0, 0.1) is 17.5 Å². The smallest absolute Gasteiger partial charge is 0.194 e. The van der Waals surface area contributed by atoms with Gasteiger partial charge in [-0.1, -0.05) is 0 Å². The lowest BCUT2D eigenvalue weighted by Gasteiger charge is -2.57. The summed E-state index contributed by atoms with van der Waals surface area (Å²) in [6.45, 7) is 0. The van der Waals surface area contributed by atoms with E-state index in [0.717, 1.165) is 36.2 Å². The Balaban J connectivity index is 1.24. The standard InChI is InChI=1S/C25H20F3N7O/c1-33-23(13-5-18(26)21(28)19(27)6-13)17-7-15-2-3-25(8-20(35(15)25)22(17)32-33)24(36)14-4-16(10-29-9-14)34-11-30-31-12-34/h4-6,9-12,15,20H,2-3,7-8H2,1H3/t15-,20+,25?/m0/s1. The molecular weight excluding hydrogens is 471 g/mol. The summed E-state index contributed by atoms with van der Waals surface area (Å²) in [5.41, 5.74) is 3.19. The number of hydrogen-bond donors (Lipinski definition) is 0. The van der Waals surface area contributed by atoms with Crippen molar-refractivity contribution in [2.24, 2.45) is 7.05 Å². The van der Waals surface area contributed by atoms with Gasteiger partial charge in [0.05, 0.1) is 34.9 Å². The number of aromatic nitrogens is 6. The molecule has 3 aliphatic heterocycles. The SMILES string of the molecule is Cn1nc2c(c1-c1cc(F)c(F)c(F)c1)C[C@@H]1CCC3(C(=O)c4cncc(-n5cnnc5)c4)C[C@H]2N13. The number of hydrogen-bond acceptors (Lipinski definition) is 6. The number of fused-ring (bicyclic) bond motifs is 2. The van der Waals surface area contributed by atoms with Gasteiger partial charge in [-0.15, -0.1) is 10.2 Å². The minimum absolute atomic E-state index is 0.0333. The van der Waals surface area contributed by atoms with Crippen LogP contribution in [0.3, 0.4) is 0 Å². The Morgan fingerprint density at radius 3 is 2.58 bits per heavy atom. The molecule has 1 unspecified atom stereocenters. The van der Waals surface area contributed by atoms with Crippen molar-refractivity contribution in [2.45, 2.75) is 43.3 Å². The number of benzene rings is 1. The Morgan fingerprint density at radius 2 is 1.83 bits per heavy atom. The number of carbonyl (C=O) groups excluding carboxylic acids is 1. The molecule has 3 aromatic heterocycles. The normalized spacial score (nSPS) is 24.3. The molecule has 2 saturated heterocycles. The highest BCUT2D eigenvalue weighted by Gasteiger charge is 2.65. The zero-order valence-corrected chi connectivity index (χ0v) is 19.2. The zero-order chi connectivity index (χ0) is 24.8. The maximum Gasteiger partial charge on any atom is 0.194 e. The first-order valence-electron chi connectivity index (χ1n) is 11.7. The van der Waals surface area contributed by atoms with Crippen molar-refractivity contribution in [2.75, 3.05) is 0 Å². The van der Waals surface area contributed by atoms with Gasteiger partial charge in [-0.3, -0.25) is 23.9 Å². The molecule has 11 heteroatoms. The average molecular weight is 491 g/mol. The van der Waals surface area contributed by atoms with E-state index in [0.29, 0.717) is 29.8 Å². The second-order valence-corrected chi connectivity index (χ2v) is 9.78. The molecule has 36 heavy (non-hydrogen) atoms. The van der Waals surface area contributed by atoms with Gasteiger partial charge in [-0.25, -0.2) is 13.2 Å². The molecule has 4 aromatic rings. The van der Waals surface area contributed by atoms with Crippen LogP contribution in [0.25, 0.3) is 16.9 Å². The van der Waals surface area contributed by atoms with Gasteiger partial charge in [-0.05, 0) is 43.9 Å². The van der Waals surface area contributed by atoms with E-state index in [9.17, 15) is 18.0 Å². The third kappa shape index (κ3) is 2.77. The fraction of sp³-hybridized carbons (Fsp3) is 0.320. The van der Waals surface area contributed by atoms with E-state index in [1.54, 1.807) is 47.4 Å². The second-order valence-electron chi connectivity index (χ2n) is 9.78. The van der Waals surface area contributed by atoms with Crippen molar-refractivity contribution in [1.82, 2.24) is 34.4 Å². The van der Waals surface area contributed by atoms with E-state index < -0.39 is 23.0 Å². The highest BCUT2D eigenvalue weighted by Crippen LogP contribution is 2.60. The molecule has 0 N–H and O–H groups in total. The minimum atomic E-state index is -1.48. The third-order valence-electron chi connectivity index (χ3n) is 7.96. The van der Waals surface area contributed by atoms with Crippen molar-refractivity contribution in [3.63, 3.8) is 0 Å². The maximum absolute atomic E-state index is 14.0. The lowest BCUT2D eigenvalue weighted by atomic mass is 9.70. The van der Waals surface area contributed by atoms with Crippen LogP contribution < -0.4 is 0 Å². The highest BCUT2D eigenvalue weighted by atomic mass is 19.2. The summed E-state index contributed by atoms with van der Waals surface area (Å²) in [4.78, 5) is 20.4. The molecule has 7 rings (SSSR count). The summed E-state index contributed by atoms with van der Waals surface area (Å²) < 4.78 is 44.9. The van der Waals surface area contributed by atoms with E-state index in [1.807, 2.05) is 0 Å². The molecule has 8 nitrogen and oxygen atoms in total. The van der Waals surface area contributed by atoms with E-state index in [1.165, 1.54) is 0 Å². The zero-order valence-electron chi connectivity index (χ0n) is 19.2. The first-order valence-corrected chi connectivity index (χ1v) is 11.7. The van der Waals surface area contributed by atoms with Gasteiger partial charge in [-0.2, -0.15) is 5.10 Å². The van der Waals surface area contributed by atoms with Gasteiger partial charge >= 0.3 is 0 Å². The van der Waals surface area contributed by atoms with Crippen LogP contribution in [0.1, 0.15) is 46.9 Å². The topological polar surface area (TPSA) is 81.7 Å². The number of nitrogens with zero attached hydrogens (tertiary/aromatic N) is 7. The monoisotopic (exact) mass is 491 g/mol. The number of aryl methyl sites for hydroxylation is 1.